The maximum absolute atomic E-state index is 9.73. The molecule has 0 heterocycles. The lowest BCUT2D eigenvalue weighted by Crippen LogP contribution is -2.27. The first-order valence-corrected chi connectivity index (χ1v) is 6.49. The minimum absolute atomic E-state index is 0.165. The summed E-state index contributed by atoms with van der Waals surface area (Å²) in [7, 11) is 0. The molecular weight excluding hydrogens is 196 g/mol. The molecule has 0 atom stereocenters. The smallest absolute Gasteiger partial charge is 0.0490 e. The second-order valence-corrected chi connectivity index (χ2v) is 5.23. The Morgan fingerprint density at radius 3 is 2.12 bits per heavy atom. The highest BCUT2D eigenvalue weighted by Gasteiger charge is 2.30. The molecule has 1 aromatic carbocycles. The third kappa shape index (κ3) is 2.85. The average Bonchev–Trinajstić information content (AvgIpc) is 2.57. The maximum Gasteiger partial charge on any atom is 0.0490 e. The first-order chi connectivity index (χ1) is 7.85. The molecule has 0 bridgehead atoms. The maximum atomic E-state index is 9.73. The first-order valence-electron chi connectivity index (χ1n) is 6.49. The molecule has 0 unspecified atom stereocenters. The molecule has 88 valence electrons. The zero-order valence-corrected chi connectivity index (χ0v) is 9.99. The summed E-state index contributed by atoms with van der Waals surface area (Å²) in [6, 6.07) is 10.6. The van der Waals surface area contributed by atoms with Crippen LogP contribution in [0.5, 0.6) is 0 Å². The van der Waals surface area contributed by atoms with Gasteiger partial charge in [0.25, 0.3) is 0 Å². The number of hydrogen-bond donors (Lipinski definition) is 1. The molecule has 0 aromatic heterocycles. The van der Waals surface area contributed by atoms with Crippen molar-refractivity contribution in [2.75, 3.05) is 6.61 Å². The highest BCUT2D eigenvalue weighted by atomic mass is 16.3. The van der Waals surface area contributed by atoms with Gasteiger partial charge in [0.05, 0.1) is 0 Å². The van der Waals surface area contributed by atoms with Crippen LogP contribution in [-0.2, 0) is 6.42 Å². The highest BCUT2D eigenvalue weighted by molar-refractivity contribution is 5.16. The fourth-order valence-corrected chi connectivity index (χ4v) is 2.90. The zero-order valence-electron chi connectivity index (χ0n) is 9.99. The van der Waals surface area contributed by atoms with Gasteiger partial charge < -0.3 is 5.11 Å². The molecule has 1 N–H and O–H groups in total. The number of aliphatic hydroxyl groups excluding tert-OH is 1. The van der Waals surface area contributed by atoms with Crippen LogP contribution in [0.1, 0.15) is 44.1 Å². The minimum Gasteiger partial charge on any atom is -0.396 e. The van der Waals surface area contributed by atoms with E-state index in [1.807, 2.05) is 0 Å². The lowest BCUT2D eigenvalue weighted by molar-refractivity contribution is 0.107. The van der Waals surface area contributed by atoms with Crippen molar-refractivity contribution in [3.8, 4) is 0 Å². The van der Waals surface area contributed by atoms with Crippen molar-refractivity contribution in [2.24, 2.45) is 5.41 Å². The lowest BCUT2D eigenvalue weighted by Gasteiger charge is -2.30. The van der Waals surface area contributed by atoms with Crippen LogP contribution in [0.2, 0.25) is 0 Å². The van der Waals surface area contributed by atoms with E-state index in [1.54, 1.807) is 0 Å². The predicted molar refractivity (Wildman–Crippen MR) is 67.4 cm³/mol. The molecule has 0 spiro atoms. The van der Waals surface area contributed by atoms with Crippen molar-refractivity contribution in [2.45, 2.75) is 44.9 Å². The van der Waals surface area contributed by atoms with Crippen molar-refractivity contribution < 1.29 is 5.11 Å². The van der Waals surface area contributed by atoms with Crippen molar-refractivity contribution >= 4 is 0 Å². The van der Waals surface area contributed by atoms with E-state index in [4.69, 9.17) is 0 Å². The van der Waals surface area contributed by atoms with Gasteiger partial charge in [-0.3, -0.25) is 0 Å². The van der Waals surface area contributed by atoms with Crippen molar-refractivity contribution in [3.05, 3.63) is 35.9 Å². The second kappa shape index (κ2) is 5.49. The van der Waals surface area contributed by atoms with Crippen LogP contribution in [0.4, 0.5) is 0 Å². The number of rotatable bonds is 3. The van der Waals surface area contributed by atoms with Crippen LogP contribution in [-0.4, -0.2) is 11.7 Å². The van der Waals surface area contributed by atoms with Gasteiger partial charge in [-0.05, 0) is 30.2 Å². The van der Waals surface area contributed by atoms with Crippen molar-refractivity contribution in [3.63, 3.8) is 0 Å². The van der Waals surface area contributed by atoms with Crippen LogP contribution in [0.25, 0.3) is 0 Å². The first kappa shape index (κ1) is 11.7. The SMILES string of the molecule is OCC1(Cc2ccccc2)CCCCCC1. The van der Waals surface area contributed by atoms with Gasteiger partial charge in [0.1, 0.15) is 0 Å². The minimum atomic E-state index is 0.165. The van der Waals surface area contributed by atoms with Crippen molar-refractivity contribution in [1.29, 1.82) is 0 Å². The Hall–Kier alpha value is -0.820. The van der Waals surface area contributed by atoms with Crippen LogP contribution >= 0.6 is 0 Å². The van der Waals surface area contributed by atoms with Crippen molar-refractivity contribution in [1.82, 2.24) is 0 Å². The molecule has 1 saturated carbocycles. The van der Waals surface area contributed by atoms with E-state index in [1.165, 1.54) is 44.1 Å². The van der Waals surface area contributed by atoms with E-state index in [-0.39, 0.29) is 5.41 Å². The molecule has 1 aliphatic rings. The number of hydrogen-bond acceptors (Lipinski definition) is 1. The van der Waals surface area contributed by atoms with E-state index in [2.05, 4.69) is 30.3 Å². The summed E-state index contributed by atoms with van der Waals surface area (Å²) in [5, 5.41) is 9.73. The average molecular weight is 218 g/mol. The fourth-order valence-electron chi connectivity index (χ4n) is 2.90. The number of benzene rings is 1. The molecule has 0 radical (unpaired) electrons. The monoisotopic (exact) mass is 218 g/mol. The zero-order chi connectivity index (χ0) is 11.3. The van der Waals surface area contributed by atoms with E-state index in [9.17, 15) is 5.11 Å². The predicted octanol–water partition coefficient (Wildman–Crippen LogP) is 3.56. The van der Waals surface area contributed by atoms with Gasteiger partial charge in [-0.1, -0.05) is 56.0 Å². The van der Waals surface area contributed by atoms with Gasteiger partial charge >= 0.3 is 0 Å². The quantitative estimate of drug-likeness (QED) is 0.769. The molecule has 1 fully saturated rings. The topological polar surface area (TPSA) is 20.2 Å². The molecule has 1 nitrogen and oxygen atoms in total. The molecule has 2 rings (SSSR count). The molecule has 0 saturated heterocycles. The summed E-state index contributed by atoms with van der Waals surface area (Å²) < 4.78 is 0. The standard InChI is InChI=1S/C15H22O/c16-13-15(10-6-1-2-7-11-15)12-14-8-4-3-5-9-14/h3-5,8-9,16H,1-2,6-7,10-13H2. The lowest BCUT2D eigenvalue weighted by atomic mass is 9.76. The Morgan fingerprint density at radius 2 is 1.56 bits per heavy atom. The van der Waals surface area contributed by atoms with Gasteiger partial charge in [0.2, 0.25) is 0 Å². The molecule has 16 heavy (non-hydrogen) atoms. The third-order valence-electron chi connectivity index (χ3n) is 3.92. The summed E-state index contributed by atoms with van der Waals surface area (Å²) in [4.78, 5) is 0. The summed E-state index contributed by atoms with van der Waals surface area (Å²) in [5.41, 5.74) is 1.54. The Balaban J connectivity index is 2.08. The summed E-state index contributed by atoms with van der Waals surface area (Å²) >= 11 is 0. The van der Waals surface area contributed by atoms with Gasteiger partial charge in [0, 0.05) is 6.61 Å². The molecule has 1 aliphatic carbocycles. The van der Waals surface area contributed by atoms with Gasteiger partial charge in [0.15, 0.2) is 0 Å². The van der Waals surface area contributed by atoms with E-state index >= 15 is 0 Å². The second-order valence-electron chi connectivity index (χ2n) is 5.23. The third-order valence-corrected chi connectivity index (χ3v) is 3.92. The summed E-state index contributed by atoms with van der Waals surface area (Å²) in [6.07, 6.45) is 8.69. The Morgan fingerprint density at radius 1 is 0.938 bits per heavy atom. The van der Waals surface area contributed by atoms with E-state index in [0.29, 0.717) is 6.61 Å². The van der Waals surface area contributed by atoms with Crippen LogP contribution in [0.3, 0.4) is 0 Å². The Bertz CT molecular complexity index is 296. The molecule has 1 heteroatoms. The van der Waals surface area contributed by atoms with E-state index in [0.717, 1.165) is 6.42 Å². The van der Waals surface area contributed by atoms with Gasteiger partial charge in [-0.2, -0.15) is 0 Å². The molecule has 0 amide bonds. The summed E-state index contributed by atoms with van der Waals surface area (Å²) in [5.74, 6) is 0. The van der Waals surface area contributed by atoms with Crippen LogP contribution < -0.4 is 0 Å². The van der Waals surface area contributed by atoms with Crippen LogP contribution in [0, 0.1) is 5.41 Å². The number of aliphatic hydroxyl groups is 1. The van der Waals surface area contributed by atoms with E-state index < -0.39 is 0 Å². The van der Waals surface area contributed by atoms with Gasteiger partial charge in [-0.25, -0.2) is 0 Å². The Labute approximate surface area is 98.5 Å². The van der Waals surface area contributed by atoms with Crippen LogP contribution in [0.15, 0.2) is 30.3 Å². The normalized spacial score (nSPS) is 20.3. The Kier molecular flexibility index (Phi) is 4.00. The largest absolute Gasteiger partial charge is 0.396 e. The fraction of sp³-hybridized carbons (Fsp3) is 0.600. The molecular formula is C15H22O. The molecule has 0 aliphatic heterocycles. The van der Waals surface area contributed by atoms with Gasteiger partial charge in [-0.15, -0.1) is 0 Å². The highest BCUT2D eigenvalue weighted by Crippen LogP contribution is 2.37. The summed E-state index contributed by atoms with van der Waals surface area (Å²) in [6.45, 7) is 0.349. The molecule has 1 aromatic rings.